The van der Waals surface area contributed by atoms with E-state index in [0.29, 0.717) is 13.2 Å². The molecule has 0 spiro atoms. The Morgan fingerprint density at radius 2 is 1.89 bits per heavy atom. The van der Waals surface area contributed by atoms with E-state index < -0.39 is 14.6 Å². The summed E-state index contributed by atoms with van der Waals surface area (Å²) >= 11 is 0. The lowest BCUT2D eigenvalue weighted by Gasteiger charge is -2.39. The fourth-order valence-electron chi connectivity index (χ4n) is 3.35. The van der Waals surface area contributed by atoms with Crippen LogP contribution in [0.15, 0.2) is 30.3 Å². The van der Waals surface area contributed by atoms with Gasteiger partial charge in [-0.15, -0.1) is 0 Å². The molecule has 0 bridgehead atoms. The molecule has 1 aromatic carbocycles. The number of carbonyl (C=O) groups excluding carboxylic acids is 1. The zero-order chi connectivity index (χ0) is 20.5. The quantitative estimate of drug-likeness (QED) is 0.734. The van der Waals surface area contributed by atoms with Gasteiger partial charge >= 0.3 is 0 Å². The molecule has 2 fully saturated rings. The first kappa shape index (κ1) is 21.5. The van der Waals surface area contributed by atoms with Gasteiger partial charge in [0.15, 0.2) is 14.6 Å². The molecule has 2 heterocycles. The van der Waals surface area contributed by atoms with Gasteiger partial charge in [-0.1, -0.05) is 51.1 Å². The summed E-state index contributed by atoms with van der Waals surface area (Å²) in [5.74, 6) is -0.115. The van der Waals surface area contributed by atoms with Crippen molar-refractivity contribution in [3.05, 3.63) is 35.9 Å². The van der Waals surface area contributed by atoms with Crippen LogP contribution in [0, 0.1) is 0 Å². The number of benzene rings is 1. The van der Waals surface area contributed by atoms with Crippen LogP contribution in [-0.4, -0.2) is 51.5 Å². The summed E-state index contributed by atoms with van der Waals surface area (Å²) in [5, 5.41) is 3.02. The molecule has 1 unspecified atom stereocenters. The van der Waals surface area contributed by atoms with E-state index in [2.05, 4.69) is 39.2 Å². The minimum atomic E-state index is -2.08. The molecule has 0 aromatic heterocycles. The first-order valence-corrected chi connectivity index (χ1v) is 12.9. The summed E-state index contributed by atoms with van der Waals surface area (Å²) in [6, 6.07) is 9.71. The third-order valence-corrected chi connectivity index (χ3v) is 10.4. The average molecular weight is 408 g/mol. The number of nitrogens with one attached hydrogen (secondary N) is 1. The van der Waals surface area contributed by atoms with Gasteiger partial charge in [0.2, 0.25) is 5.91 Å². The molecule has 1 amide bonds. The van der Waals surface area contributed by atoms with E-state index in [4.69, 9.17) is 18.6 Å². The molecule has 1 aromatic rings. The molecule has 2 saturated heterocycles. The zero-order valence-electron chi connectivity index (χ0n) is 17.7. The monoisotopic (exact) mass is 407 g/mol. The maximum absolute atomic E-state index is 11.8. The highest BCUT2D eigenvalue weighted by Gasteiger charge is 2.56. The van der Waals surface area contributed by atoms with Crippen molar-refractivity contribution < 1.29 is 23.4 Å². The maximum atomic E-state index is 11.8. The van der Waals surface area contributed by atoms with Gasteiger partial charge in [0, 0.05) is 6.92 Å². The van der Waals surface area contributed by atoms with Crippen LogP contribution in [0.25, 0.3) is 0 Å². The van der Waals surface area contributed by atoms with Crippen molar-refractivity contribution >= 4 is 14.2 Å². The molecule has 3 rings (SSSR count). The second-order valence-corrected chi connectivity index (χ2v) is 14.0. The van der Waals surface area contributed by atoms with Gasteiger partial charge < -0.3 is 24.0 Å². The third kappa shape index (κ3) is 4.66. The lowest BCUT2D eigenvalue weighted by atomic mass is 10.1. The third-order valence-electron chi connectivity index (χ3n) is 5.98. The number of rotatable bonds is 6. The minimum Gasteiger partial charge on any atom is -0.391 e. The fraction of sp³-hybridized carbons (Fsp3) is 0.667. The van der Waals surface area contributed by atoms with E-state index in [9.17, 15) is 4.79 Å². The van der Waals surface area contributed by atoms with Crippen LogP contribution in [0.5, 0.6) is 0 Å². The molecule has 0 saturated carbocycles. The Morgan fingerprint density at radius 1 is 1.21 bits per heavy atom. The summed E-state index contributed by atoms with van der Waals surface area (Å²) in [6.07, 6.45) is -1.23. The molecule has 7 heteroatoms. The van der Waals surface area contributed by atoms with Gasteiger partial charge in [-0.25, -0.2) is 0 Å². The molecule has 1 N–H and O–H groups in total. The van der Waals surface area contributed by atoms with Crippen molar-refractivity contribution in [3.63, 3.8) is 0 Å². The van der Waals surface area contributed by atoms with Crippen LogP contribution in [0.2, 0.25) is 18.1 Å². The van der Waals surface area contributed by atoms with Crippen LogP contribution >= 0.6 is 0 Å². The van der Waals surface area contributed by atoms with Gasteiger partial charge in [0.05, 0.1) is 13.2 Å². The van der Waals surface area contributed by atoms with Gasteiger partial charge in [-0.05, 0) is 23.7 Å². The van der Waals surface area contributed by atoms with Crippen LogP contribution < -0.4 is 5.32 Å². The molecule has 0 aliphatic carbocycles. The smallest absolute Gasteiger partial charge is 0.217 e. The van der Waals surface area contributed by atoms with E-state index in [1.165, 1.54) is 6.92 Å². The van der Waals surface area contributed by atoms with E-state index in [0.717, 1.165) is 5.56 Å². The summed E-state index contributed by atoms with van der Waals surface area (Å²) in [7, 11) is -2.08. The standard InChI is InChI=1S/C21H33NO5Si/c1-14(23)22-17-19-18(26-20(17)27-28(5,6)21(2,3)4)16(13-25-19)24-12-15-10-8-7-9-11-15/h7-11,16-20H,12-13H2,1-6H3,(H,22,23)/t16-,17+,18-,19-,20?/m1/s1. The highest BCUT2D eigenvalue weighted by molar-refractivity contribution is 6.74. The number of ether oxygens (including phenoxy) is 3. The SMILES string of the molecule is CC(=O)N[C@@H]1C(O[Si](C)(C)C(C)(C)C)O[C@H]2[C@@H]1OC[C@H]2OCc1ccccc1. The first-order chi connectivity index (χ1) is 13.1. The Kier molecular flexibility index (Phi) is 6.31. The summed E-state index contributed by atoms with van der Waals surface area (Å²) in [4.78, 5) is 11.8. The Morgan fingerprint density at radius 3 is 2.50 bits per heavy atom. The Bertz CT molecular complexity index is 675. The largest absolute Gasteiger partial charge is 0.391 e. The number of fused-ring (bicyclic) bond motifs is 1. The summed E-state index contributed by atoms with van der Waals surface area (Å²) < 4.78 is 24.9. The Hall–Kier alpha value is -1.25. The van der Waals surface area contributed by atoms with Crippen molar-refractivity contribution in [2.24, 2.45) is 0 Å². The lowest BCUT2D eigenvalue weighted by Crippen LogP contribution is -2.52. The first-order valence-electron chi connectivity index (χ1n) is 9.96. The summed E-state index contributed by atoms with van der Waals surface area (Å²) in [5.41, 5.74) is 1.11. The van der Waals surface area contributed by atoms with Crippen LogP contribution in [-0.2, 0) is 30.0 Å². The number of amides is 1. The van der Waals surface area contributed by atoms with E-state index in [1.807, 2.05) is 30.3 Å². The van der Waals surface area contributed by atoms with E-state index in [1.54, 1.807) is 0 Å². The van der Waals surface area contributed by atoms with E-state index in [-0.39, 0.29) is 35.3 Å². The molecular weight excluding hydrogens is 374 g/mol. The van der Waals surface area contributed by atoms with Gasteiger partial charge in [0.1, 0.15) is 24.4 Å². The molecule has 6 nitrogen and oxygen atoms in total. The second kappa shape index (κ2) is 8.24. The maximum Gasteiger partial charge on any atom is 0.217 e. The molecule has 156 valence electrons. The van der Waals surface area contributed by atoms with Gasteiger partial charge in [-0.2, -0.15) is 0 Å². The van der Waals surface area contributed by atoms with Crippen LogP contribution in [0.4, 0.5) is 0 Å². The predicted molar refractivity (Wildman–Crippen MR) is 109 cm³/mol. The van der Waals surface area contributed by atoms with Crippen molar-refractivity contribution in [3.8, 4) is 0 Å². The number of hydrogen-bond acceptors (Lipinski definition) is 5. The fourth-order valence-corrected chi connectivity index (χ4v) is 4.48. The van der Waals surface area contributed by atoms with E-state index >= 15 is 0 Å². The zero-order valence-corrected chi connectivity index (χ0v) is 18.7. The van der Waals surface area contributed by atoms with Crippen molar-refractivity contribution in [1.29, 1.82) is 0 Å². The summed E-state index contributed by atoms with van der Waals surface area (Å²) in [6.45, 7) is 13.4. The topological polar surface area (TPSA) is 66.0 Å². The Labute approximate surface area is 169 Å². The highest BCUT2D eigenvalue weighted by atomic mass is 28.4. The van der Waals surface area contributed by atoms with Gasteiger partial charge in [0.25, 0.3) is 0 Å². The minimum absolute atomic E-state index is 0.0406. The van der Waals surface area contributed by atoms with Crippen molar-refractivity contribution in [2.45, 2.75) is 83.1 Å². The molecule has 0 radical (unpaired) electrons. The second-order valence-electron chi connectivity index (χ2n) is 9.21. The van der Waals surface area contributed by atoms with Crippen molar-refractivity contribution in [1.82, 2.24) is 5.32 Å². The molecular formula is C21H33NO5Si. The average Bonchev–Trinajstić information content (AvgIpc) is 3.13. The Balaban J connectivity index is 1.70. The molecule has 2 aliphatic rings. The van der Waals surface area contributed by atoms with Crippen LogP contribution in [0.1, 0.15) is 33.3 Å². The lowest BCUT2D eigenvalue weighted by molar-refractivity contribution is -0.135. The van der Waals surface area contributed by atoms with Gasteiger partial charge in [-0.3, -0.25) is 4.79 Å². The molecule has 28 heavy (non-hydrogen) atoms. The normalized spacial score (nSPS) is 30.3. The van der Waals surface area contributed by atoms with Crippen LogP contribution in [0.3, 0.4) is 0 Å². The predicted octanol–water partition coefficient (Wildman–Crippen LogP) is 3.22. The number of hydrogen-bond donors (Lipinski definition) is 1. The number of carbonyl (C=O) groups is 1. The molecule has 5 atom stereocenters. The van der Waals surface area contributed by atoms with Crippen molar-refractivity contribution in [2.75, 3.05) is 6.61 Å². The highest BCUT2D eigenvalue weighted by Crippen LogP contribution is 2.41. The molecule has 2 aliphatic heterocycles.